The number of halogens is 1. The Kier molecular flexibility index (Phi) is 8.61. The first-order valence-corrected chi connectivity index (χ1v) is 10.9. The van der Waals surface area contributed by atoms with Crippen molar-refractivity contribution in [1.29, 1.82) is 0 Å². The predicted octanol–water partition coefficient (Wildman–Crippen LogP) is 5.62. The van der Waals surface area contributed by atoms with Gasteiger partial charge in [0.05, 0.1) is 18.7 Å². The molecule has 0 aromatic heterocycles. The number of hydrogen-bond donors (Lipinski definition) is 1. The number of carbonyl (C=O) groups is 3. The number of anilines is 1. The van der Waals surface area contributed by atoms with E-state index in [0.717, 1.165) is 0 Å². The Hall–Kier alpha value is -3.64. The molecule has 0 heterocycles. The number of ketones is 1. The SMILES string of the molecule is CCOc1ccccc1NC(=O)C(OC(=O)CCC(=O)c1ccc(Cl)cc1)c1ccccc1. The van der Waals surface area contributed by atoms with Gasteiger partial charge in [-0.25, -0.2) is 0 Å². The van der Waals surface area contributed by atoms with Crippen molar-refractivity contribution in [3.05, 3.63) is 95.0 Å². The summed E-state index contributed by atoms with van der Waals surface area (Å²) in [4.78, 5) is 38.0. The van der Waals surface area contributed by atoms with E-state index >= 15 is 0 Å². The predicted molar refractivity (Wildman–Crippen MR) is 127 cm³/mol. The first kappa shape index (κ1) is 24.0. The van der Waals surface area contributed by atoms with Crippen molar-refractivity contribution in [2.75, 3.05) is 11.9 Å². The molecule has 0 saturated carbocycles. The Bertz CT molecular complexity index is 1100. The summed E-state index contributed by atoms with van der Waals surface area (Å²) in [5, 5.41) is 3.30. The van der Waals surface area contributed by atoms with E-state index in [1.54, 1.807) is 78.9 Å². The molecule has 170 valence electrons. The smallest absolute Gasteiger partial charge is 0.307 e. The van der Waals surface area contributed by atoms with Crippen LogP contribution in [-0.4, -0.2) is 24.3 Å². The lowest BCUT2D eigenvalue weighted by Crippen LogP contribution is -2.26. The molecule has 3 aromatic rings. The van der Waals surface area contributed by atoms with Crippen LogP contribution in [0.2, 0.25) is 5.02 Å². The standard InChI is InChI=1S/C26H24ClNO5/c1-2-32-23-11-7-6-10-21(23)28-26(31)25(19-8-4-3-5-9-19)33-24(30)17-16-22(29)18-12-14-20(27)15-13-18/h3-15,25H,2,16-17H2,1H3,(H,28,31). The van der Waals surface area contributed by atoms with Gasteiger partial charge < -0.3 is 14.8 Å². The van der Waals surface area contributed by atoms with E-state index in [9.17, 15) is 14.4 Å². The first-order chi connectivity index (χ1) is 16.0. The number of rotatable bonds is 10. The van der Waals surface area contributed by atoms with Crippen LogP contribution in [0.1, 0.15) is 41.8 Å². The fraction of sp³-hybridized carbons (Fsp3) is 0.192. The minimum Gasteiger partial charge on any atom is -0.492 e. The zero-order valence-corrected chi connectivity index (χ0v) is 18.9. The number of benzene rings is 3. The molecule has 1 amide bonds. The highest BCUT2D eigenvalue weighted by Crippen LogP contribution is 2.27. The third-order valence-corrected chi connectivity index (χ3v) is 5.01. The van der Waals surface area contributed by atoms with Crippen LogP contribution in [0.15, 0.2) is 78.9 Å². The van der Waals surface area contributed by atoms with Crippen LogP contribution in [0.4, 0.5) is 5.69 Å². The zero-order valence-electron chi connectivity index (χ0n) is 18.1. The number of ether oxygens (including phenoxy) is 2. The van der Waals surface area contributed by atoms with Gasteiger partial charge in [-0.3, -0.25) is 14.4 Å². The van der Waals surface area contributed by atoms with Gasteiger partial charge in [-0.1, -0.05) is 54.1 Å². The maximum Gasteiger partial charge on any atom is 0.307 e. The van der Waals surface area contributed by atoms with E-state index in [-0.39, 0.29) is 18.6 Å². The molecule has 3 aromatic carbocycles. The third kappa shape index (κ3) is 6.92. The second-order valence-electron chi connectivity index (χ2n) is 7.13. The van der Waals surface area contributed by atoms with E-state index < -0.39 is 18.0 Å². The summed E-state index contributed by atoms with van der Waals surface area (Å²) < 4.78 is 11.1. The van der Waals surface area contributed by atoms with E-state index in [1.165, 1.54) is 0 Å². The Morgan fingerprint density at radius 3 is 2.24 bits per heavy atom. The lowest BCUT2D eigenvalue weighted by Gasteiger charge is -2.19. The highest BCUT2D eigenvalue weighted by molar-refractivity contribution is 6.30. The summed E-state index contributed by atoms with van der Waals surface area (Å²) >= 11 is 5.84. The van der Waals surface area contributed by atoms with E-state index in [2.05, 4.69) is 5.32 Å². The Morgan fingerprint density at radius 1 is 0.879 bits per heavy atom. The number of Topliss-reactive ketones (excluding diaryl/α,β-unsaturated/α-hetero) is 1. The van der Waals surface area contributed by atoms with Crippen molar-refractivity contribution in [1.82, 2.24) is 0 Å². The monoisotopic (exact) mass is 465 g/mol. The van der Waals surface area contributed by atoms with Gasteiger partial charge in [0.25, 0.3) is 5.91 Å². The Morgan fingerprint density at radius 2 is 1.55 bits per heavy atom. The molecule has 3 rings (SSSR count). The molecule has 0 aliphatic carbocycles. The van der Waals surface area contributed by atoms with E-state index in [4.69, 9.17) is 21.1 Å². The van der Waals surface area contributed by atoms with Crippen LogP contribution in [-0.2, 0) is 14.3 Å². The second kappa shape index (κ2) is 11.8. The van der Waals surface area contributed by atoms with Gasteiger partial charge in [-0.05, 0) is 43.3 Å². The van der Waals surface area contributed by atoms with Gasteiger partial charge in [0, 0.05) is 22.6 Å². The highest BCUT2D eigenvalue weighted by atomic mass is 35.5. The van der Waals surface area contributed by atoms with Crippen molar-refractivity contribution in [2.24, 2.45) is 0 Å². The van der Waals surface area contributed by atoms with Gasteiger partial charge in [-0.2, -0.15) is 0 Å². The van der Waals surface area contributed by atoms with Crippen LogP contribution in [0.25, 0.3) is 0 Å². The average Bonchev–Trinajstić information content (AvgIpc) is 2.83. The summed E-state index contributed by atoms with van der Waals surface area (Å²) in [6.45, 7) is 2.28. The average molecular weight is 466 g/mol. The van der Waals surface area contributed by atoms with E-state index in [1.807, 2.05) is 6.92 Å². The van der Waals surface area contributed by atoms with Crippen molar-refractivity contribution < 1.29 is 23.9 Å². The second-order valence-corrected chi connectivity index (χ2v) is 7.57. The van der Waals surface area contributed by atoms with Gasteiger partial charge in [-0.15, -0.1) is 0 Å². The molecule has 0 bridgehead atoms. The molecule has 0 aliphatic heterocycles. The lowest BCUT2D eigenvalue weighted by molar-refractivity contribution is -0.154. The van der Waals surface area contributed by atoms with Crippen molar-refractivity contribution >= 4 is 34.9 Å². The normalized spacial score (nSPS) is 11.3. The van der Waals surface area contributed by atoms with Crippen LogP contribution in [0.3, 0.4) is 0 Å². The van der Waals surface area contributed by atoms with Gasteiger partial charge >= 0.3 is 5.97 Å². The number of nitrogens with one attached hydrogen (secondary N) is 1. The number of hydrogen-bond acceptors (Lipinski definition) is 5. The number of carbonyl (C=O) groups excluding carboxylic acids is 3. The van der Waals surface area contributed by atoms with Gasteiger partial charge in [0.2, 0.25) is 6.10 Å². The molecule has 0 spiro atoms. The fourth-order valence-electron chi connectivity index (χ4n) is 3.14. The molecule has 7 heteroatoms. The molecule has 0 radical (unpaired) electrons. The highest BCUT2D eigenvalue weighted by Gasteiger charge is 2.26. The van der Waals surface area contributed by atoms with Crippen molar-refractivity contribution in [3.63, 3.8) is 0 Å². The fourth-order valence-corrected chi connectivity index (χ4v) is 3.26. The van der Waals surface area contributed by atoms with Crippen LogP contribution >= 0.6 is 11.6 Å². The molecular formula is C26H24ClNO5. The summed E-state index contributed by atoms with van der Waals surface area (Å²) in [5.74, 6) is -0.875. The number of para-hydroxylation sites is 2. The largest absolute Gasteiger partial charge is 0.492 e. The molecule has 6 nitrogen and oxygen atoms in total. The minimum atomic E-state index is -1.18. The summed E-state index contributed by atoms with van der Waals surface area (Å²) in [6.07, 6.45) is -1.39. The maximum atomic E-state index is 13.1. The Labute approximate surface area is 197 Å². The summed E-state index contributed by atoms with van der Waals surface area (Å²) in [5.41, 5.74) is 1.44. The quantitative estimate of drug-likeness (QED) is 0.310. The Balaban J connectivity index is 1.69. The van der Waals surface area contributed by atoms with Crippen LogP contribution < -0.4 is 10.1 Å². The maximum absolute atomic E-state index is 13.1. The number of esters is 1. The summed E-state index contributed by atoms with van der Waals surface area (Å²) in [7, 11) is 0. The van der Waals surface area contributed by atoms with Crippen LogP contribution in [0, 0.1) is 0 Å². The van der Waals surface area contributed by atoms with Crippen molar-refractivity contribution in [3.8, 4) is 5.75 Å². The van der Waals surface area contributed by atoms with Gasteiger partial charge in [0.1, 0.15) is 5.75 Å². The van der Waals surface area contributed by atoms with Gasteiger partial charge in [0.15, 0.2) is 5.78 Å². The summed E-state index contributed by atoms with van der Waals surface area (Å²) in [6, 6.07) is 22.2. The molecular weight excluding hydrogens is 442 g/mol. The van der Waals surface area contributed by atoms with E-state index in [0.29, 0.717) is 34.2 Å². The topological polar surface area (TPSA) is 81.7 Å². The molecule has 0 aliphatic rings. The number of amides is 1. The first-order valence-electron chi connectivity index (χ1n) is 10.5. The minimum absolute atomic E-state index is 0.0449. The molecule has 0 saturated heterocycles. The third-order valence-electron chi connectivity index (χ3n) is 4.76. The molecule has 1 N–H and O–H groups in total. The zero-order chi connectivity index (χ0) is 23.6. The van der Waals surface area contributed by atoms with Crippen molar-refractivity contribution in [2.45, 2.75) is 25.9 Å². The molecule has 1 atom stereocenters. The lowest BCUT2D eigenvalue weighted by atomic mass is 10.1. The molecule has 33 heavy (non-hydrogen) atoms. The molecule has 1 unspecified atom stereocenters. The molecule has 0 fully saturated rings. The van der Waals surface area contributed by atoms with Crippen LogP contribution in [0.5, 0.6) is 5.75 Å².